The van der Waals surface area contributed by atoms with E-state index in [4.69, 9.17) is 23.2 Å². The van der Waals surface area contributed by atoms with Gasteiger partial charge >= 0.3 is 0 Å². The summed E-state index contributed by atoms with van der Waals surface area (Å²) in [5, 5.41) is 1.52. The molecule has 0 aromatic carbocycles. The first-order chi connectivity index (χ1) is 6.75. The largest absolute Gasteiger partial charge is 0.329 e. The topological polar surface area (TPSA) is 30.7 Å². The molecule has 5 heteroatoms. The molecule has 2 heterocycles. The van der Waals surface area contributed by atoms with E-state index in [9.17, 15) is 0 Å². The fourth-order valence-corrected chi connectivity index (χ4v) is 2.05. The Morgan fingerprint density at radius 1 is 1.29 bits per heavy atom. The van der Waals surface area contributed by atoms with Crippen molar-refractivity contribution < 1.29 is 0 Å². The minimum Gasteiger partial charge on any atom is -0.329 e. The van der Waals surface area contributed by atoms with Crippen LogP contribution in [0.4, 0.5) is 0 Å². The maximum Gasteiger partial charge on any atom is 0.225 e. The van der Waals surface area contributed by atoms with E-state index in [1.54, 1.807) is 0 Å². The smallest absolute Gasteiger partial charge is 0.225 e. The molecule has 1 fully saturated rings. The third-order valence-electron chi connectivity index (χ3n) is 2.44. The van der Waals surface area contributed by atoms with Crippen molar-refractivity contribution in [2.45, 2.75) is 18.9 Å². The number of hydrogen-bond acceptors (Lipinski definition) is 2. The van der Waals surface area contributed by atoms with Gasteiger partial charge in [-0.3, -0.25) is 0 Å². The number of rotatable bonds is 1. The Hall–Kier alpha value is -0.800. The summed E-state index contributed by atoms with van der Waals surface area (Å²) in [5.74, 6) is 0. The maximum atomic E-state index is 5.95. The average molecular weight is 228 g/mol. The summed E-state index contributed by atoms with van der Waals surface area (Å²) in [6.45, 7) is 0. The molecule has 3 nitrogen and oxygen atoms in total. The van der Waals surface area contributed by atoms with Crippen LogP contribution in [0.5, 0.6) is 0 Å². The molecule has 0 atom stereocenters. The molecule has 0 aliphatic heterocycles. The Bertz CT molecular complexity index is 502. The zero-order chi connectivity index (χ0) is 9.71. The summed E-state index contributed by atoms with van der Waals surface area (Å²) in [6, 6.07) is 2.52. The normalized spacial score (nSPS) is 16.4. The third kappa shape index (κ3) is 1.20. The van der Waals surface area contributed by atoms with Gasteiger partial charge in [0.05, 0.1) is 5.39 Å². The van der Waals surface area contributed by atoms with Gasteiger partial charge in [0.15, 0.2) is 0 Å². The van der Waals surface area contributed by atoms with Gasteiger partial charge in [-0.15, -0.1) is 0 Å². The van der Waals surface area contributed by atoms with E-state index in [0.29, 0.717) is 11.2 Å². The van der Waals surface area contributed by atoms with Crippen molar-refractivity contribution in [2.75, 3.05) is 0 Å². The average Bonchev–Trinajstić information content (AvgIpc) is 2.87. The summed E-state index contributed by atoms with van der Waals surface area (Å²) in [4.78, 5) is 8.09. The van der Waals surface area contributed by atoms with Crippen molar-refractivity contribution in [1.82, 2.24) is 14.5 Å². The Morgan fingerprint density at radius 2 is 2.07 bits per heavy atom. The zero-order valence-corrected chi connectivity index (χ0v) is 8.76. The SMILES string of the molecule is Clc1nc(Cl)c2ccn(C3CC3)c2n1. The van der Waals surface area contributed by atoms with E-state index in [1.807, 2.05) is 12.3 Å². The molecule has 0 unspecified atom stereocenters. The summed E-state index contributed by atoms with van der Waals surface area (Å²) in [6.07, 6.45) is 4.42. The molecular weight excluding hydrogens is 221 g/mol. The van der Waals surface area contributed by atoms with Gasteiger partial charge in [-0.1, -0.05) is 11.6 Å². The first kappa shape index (κ1) is 8.50. The molecule has 14 heavy (non-hydrogen) atoms. The van der Waals surface area contributed by atoms with Gasteiger partial charge in [0.2, 0.25) is 5.28 Å². The van der Waals surface area contributed by atoms with Gasteiger partial charge in [0, 0.05) is 12.2 Å². The Kier molecular flexibility index (Phi) is 1.73. The maximum absolute atomic E-state index is 5.95. The zero-order valence-electron chi connectivity index (χ0n) is 7.24. The Morgan fingerprint density at radius 3 is 2.79 bits per heavy atom. The van der Waals surface area contributed by atoms with Crippen molar-refractivity contribution in [3.63, 3.8) is 0 Å². The van der Waals surface area contributed by atoms with Crippen LogP contribution in [-0.4, -0.2) is 14.5 Å². The van der Waals surface area contributed by atoms with Crippen LogP contribution in [0.1, 0.15) is 18.9 Å². The lowest BCUT2D eigenvalue weighted by atomic mass is 10.4. The number of hydrogen-bond donors (Lipinski definition) is 0. The molecule has 2 aromatic heterocycles. The molecule has 0 N–H and O–H groups in total. The molecule has 3 rings (SSSR count). The summed E-state index contributed by atoms with van der Waals surface area (Å²) < 4.78 is 2.12. The molecule has 1 aliphatic rings. The number of aromatic nitrogens is 3. The fraction of sp³-hybridized carbons (Fsp3) is 0.333. The van der Waals surface area contributed by atoms with Gasteiger partial charge in [-0.2, -0.15) is 4.98 Å². The molecule has 2 aromatic rings. The first-order valence-electron chi connectivity index (χ1n) is 4.45. The van der Waals surface area contributed by atoms with Gasteiger partial charge in [0.25, 0.3) is 0 Å². The minimum atomic E-state index is 0.211. The third-order valence-corrected chi connectivity index (χ3v) is 2.90. The summed E-state index contributed by atoms with van der Waals surface area (Å²) >= 11 is 11.7. The molecular formula is C9H7Cl2N3. The van der Waals surface area contributed by atoms with Crippen molar-refractivity contribution in [3.8, 4) is 0 Å². The fourth-order valence-electron chi connectivity index (χ4n) is 1.62. The summed E-state index contributed by atoms with van der Waals surface area (Å²) in [7, 11) is 0. The quantitative estimate of drug-likeness (QED) is 0.554. The van der Waals surface area contributed by atoms with E-state index in [0.717, 1.165) is 11.0 Å². The van der Waals surface area contributed by atoms with Gasteiger partial charge in [-0.05, 0) is 30.5 Å². The highest BCUT2D eigenvalue weighted by molar-refractivity contribution is 6.35. The van der Waals surface area contributed by atoms with Gasteiger partial charge in [-0.25, -0.2) is 4.98 Å². The molecule has 0 amide bonds. The predicted octanol–water partition coefficient (Wildman–Crippen LogP) is 3.07. The number of nitrogens with zero attached hydrogens (tertiary/aromatic N) is 3. The van der Waals surface area contributed by atoms with E-state index in [2.05, 4.69) is 14.5 Å². The second-order valence-electron chi connectivity index (χ2n) is 3.47. The van der Waals surface area contributed by atoms with E-state index in [1.165, 1.54) is 12.8 Å². The van der Waals surface area contributed by atoms with Crippen LogP contribution in [0.25, 0.3) is 11.0 Å². The highest BCUT2D eigenvalue weighted by Gasteiger charge is 2.25. The van der Waals surface area contributed by atoms with Crippen LogP contribution in [0.3, 0.4) is 0 Å². The van der Waals surface area contributed by atoms with Crippen LogP contribution in [-0.2, 0) is 0 Å². The van der Waals surface area contributed by atoms with Gasteiger partial charge < -0.3 is 4.57 Å². The van der Waals surface area contributed by atoms with Crippen molar-refractivity contribution in [2.24, 2.45) is 0 Å². The monoisotopic (exact) mass is 227 g/mol. The highest BCUT2D eigenvalue weighted by Crippen LogP contribution is 2.38. The molecule has 0 bridgehead atoms. The molecule has 1 aliphatic carbocycles. The van der Waals surface area contributed by atoms with Crippen LogP contribution in [0.2, 0.25) is 10.4 Å². The molecule has 0 radical (unpaired) electrons. The Balaban J connectivity index is 2.33. The predicted molar refractivity (Wildman–Crippen MR) is 55.8 cm³/mol. The molecule has 72 valence electrons. The van der Waals surface area contributed by atoms with E-state index in [-0.39, 0.29) is 5.28 Å². The van der Waals surface area contributed by atoms with Crippen LogP contribution in [0.15, 0.2) is 12.3 Å². The van der Waals surface area contributed by atoms with E-state index < -0.39 is 0 Å². The molecule has 1 saturated carbocycles. The molecule has 0 spiro atoms. The lowest BCUT2D eigenvalue weighted by molar-refractivity contribution is 0.765. The second-order valence-corrected chi connectivity index (χ2v) is 4.17. The lowest BCUT2D eigenvalue weighted by Crippen LogP contribution is -1.94. The summed E-state index contributed by atoms with van der Waals surface area (Å²) in [5.41, 5.74) is 0.845. The van der Waals surface area contributed by atoms with Gasteiger partial charge in [0.1, 0.15) is 10.8 Å². The van der Waals surface area contributed by atoms with Crippen LogP contribution in [0, 0.1) is 0 Å². The van der Waals surface area contributed by atoms with Crippen LogP contribution >= 0.6 is 23.2 Å². The standard InChI is InChI=1S/C9H7Cl2N3/c10-7-6-3-4-14(5-1-2-5)8(6)13-9(11)12-7/h3-5H,1-2H2. The minimum absolute atomic E-state index is 0.211. The highest BCUT2D eigenvalue weighted by atomic mass is 35.5. The first-order valence-corrected chi connectivity index (χ1v) is 5.21. The Labute approximate surface area is 90.7 Å². The number of fused-ring (bicyclic) bond motifs is 1. The van der Waals surface area contributed by atoms with Crippen molar-refractivity contribution in [3.05, 3.63) is 22.7 Å². The van der Waals surface area contributed by atoms with Crippen molar-refractivity contribution in [1.29, 1.82) is 0 Å². The lowest BCUT2D eigenvalue weighted by Gasteiger charge is -2.01. The van der Waals surface area contributed by atoms with Crippen LogP contribution < -0.4 is 0 Å². The number of halogens is 2. The van der Waals surface area contributed by atoms with Crippen molar-refractivity contribution >= 4 is 34.2 Å². The van der Waals surface area contributed by atoms with E-state index >= 15 is 0 Å². The second kappa shape index (κ2) is 2.84. The molecule has 0 saturated heterocycles.